The molecule has 0 saturated carbocycles. The van der Waals surface area contributed by atoms with E-state index in [0.717, 1.165) is 0 Å². The minimum atomic E-state index is -3.83. The third-order valence-electron chi connectivity index (χ3n) is 4.95. The highest BCUT2D eigenvalue weighted by molar-refractivity contribution is 7.92. The molecular formula is C23H26N4O6S. The maximum Gasteiger partial charge on any atom is 0.262 e. The highest BCUT2D eigenvalue weighted by atomic mass is 32.2. The van der Waals surface area contributed by atoms with Crippen molar-refractivity contribution in [1.29, 1.82) is 0 Å². The average molecular weight is 487 g/mol. The summed E-state index contributed by atoms with van der Waals surface area (Å²) >= 11 is 0. The number of rotatable bonds is 7. The maximum atomic E-state index is 12.7. The van der Waals surface area contributed by atoms with Gasteiger partial charge in [-0.2, -0.15) is 4.98 Å². The van der Waals surface area contributed by atoms with Crippen molar-refractivity contribution >= 4 is 27.3 Å². The van der Waals surface area contributed by atoms with E-state index in [1.807, 2.05) is 20.8 Å². The normalized spacial score (nSPS) is 13.4. The lowest BCUT2D eigenvalue weighted by molar-refractivity contribution is -0.116. The highest BCUT2D eigenvalue weighted by Gasteiger charge is 2.21. The summed E-state index contributed by atoms with van der Waals surface area (Å²) in [6, 6.07) is 10.8. The zero-order chi connectivity index (χ0) is 24.3. The van der Waals surface area contributed by atoms with E-state index in [9.17, 15) is 13.2 Å². The number of nitrogens with one attached hydrogen (secondary N) is 2. The molecule has 1 aliphatic heterocycles. The third-order valence-corrected chi connectivity index (χ3v) is 6.33. The Morgan fingerprint density at radius 2 is 1.68 bits per heavy atom. The Balaban J connectivity index is 1.33. The second-order valence-electron chi connectivity index (χ2n) is 8.80. The van der Waals surface area contributed by atoms with E-state index in [4.69, 9.17) is 14.0 Å². The van der Waals surface area contributed by atoms with Gasteiger partial charge in [0.2, 0.25) is 11.8 Å². The number of anilines is 2. The van der Waals surface area contributed by atoms with E-state index in [1.165, 1.54) is 12.1 Å². The van der Waals surface area contributed by atoms with Gasteiger partial charge in [-0.05, 0) is 36.4 Å². The van der Waals surface area contributed by atoms with E-state index in [0.29, 0.717) is 54.2 Å². The number of hydrogen-bond acceptors (Lipinski definition) is 8. The highest BCUT2D eigenvalue weighted by Crippen LogP contribution is 2.32. The molecule has 0 radical (unpaired) electrons. The standard InChI is InChI=1S/C23H26N4O6S/c1-23(2,3)22-25-21(33-26-22)11-10-20(28)24-15-4-6-16(7-5-15)27-34(29,30)17-8-9-18-19(14-17)32-13-12-31-18/h4-9,14,27H,10-13H2,1-3H3,(H,24,28). The van der Waals surface area contributed by atoms with E-state index in [2.05, 4.69) is 20.2 Å². The molecule has 0 spiro atoms. The summed E-state index contributed by atoms with van der Waals surface area (Å²) in [6.45, 7) is 6.73. The van der Waals surface area contributed by atoms with Crippen LogP contribution in [0.15, 0.2) is 51.9 Å². The molecule has 0 atom stereocenters. The molecule has 2 heterocycles. The van der Waals surface area contributed by atoms with Crippen LogP contribution < -0.4 is 19.5 Å². The average Bonchev–Trinajstić information content (AvgIpc) is 3.28. The van der Waals surface area contributed by atoms with E-state index in [-0.39, 0.29) is 22.6 Å². The number of aryl methyl sites for hydroxylation is 1. The summed E-state index contributed by atoms with van der Waals surface area (Å²) < 4.78 is 44.1. The molecule has 4 rings (SSSR count). The summed E-state index contributed by atoms with van der Waals surface area (Å²) in [6.07, 6.45) is 0.493. The SMILES string of the molecule is CC(C)(C)c1noc(CCC(=O)Nc2ccc(NS(=O)(=O)c3ccc4c(c3)OCCO4)cc2)n1. The Morgan fingerprint density at radius 1 is 1.00 bits per heavy atom. The molecule has 10 nitrogen and oxygen atoms in total. The lowest BCUT2D eigenvalue weighted by Crippen LogP contribution is -2.17. The minimum Gasteiger partial charge on any atom is -0.486 e. The Hall–Kier alpha value is -3.60. The van der Waals surface area contributed by atoms with Crippen LogP contribution in [-0.4, -0.2) is 37.7 Å². The first-order valence-electron chi connectivity index (χ1n) is 10.8. The lowest BCUT2D eigenvalue weighted by Gasteiger charge is -2.19. The van der Waals surface area contributed by atoms with Gasteiger partial charge in [0.15, 0.2) is 17.3 Å². The lowest BCUT2D eigenvalue weighted by atomic mass is 9.96. The van der Waals surface area contributed by atoms with Gasteiger partial charge < -0.3 is 19.3 Å². The quantitative estimate of drug-likeness (QED) is 0.518. The number of fused-ring (bicyclic) bond motifs is 1. The summed E-state index contributed by atoms with van der Waals surface area (Å²) in [5.41, 5.74) is 0.664. The van der Waals surface area contributed by atoms with Crippen LogP contribution in [0.25, 0.3) is 0 Å². The number of sulfonamides is 1. The molecule has 180 valence electrons. The Morgan fingerprint density at radius 3 is 2.35 bits per heavy atom. The van der Waals surface area contributed by atoms with Crippen molar-refractivity contribution in [2.75, 3.05) is 23.3 Å². The van der Waals surface area contributed by atoms with Gasteiger partial charge in [0.05, 0.1) is 4.90 Å². The van der Waals surface area contributed by atoms with Crippen molar-refractivity contribution < 1.29 is 27.2 Å². The molecule has 0 saturated heterocycles. The fraction of sp³-hybridized carbons (Fsp3) is 0.348. The number of ether oxygens (including phenoxy) is 2. The predicted molar refractivity (Wildman–Crippen MR) is 125 cm³/mol. The summed E-state index contributed by atoms with van der Waals surface area (Å²) in [4.78, 5) is 16.6. The first-order chi connectivity index (χ1) is 16.1. The first kappa shape index (κ1) is 23.6. The van der Waals surface area contributed by atoms with Crippen LogP contribution in [-0.2, 0) is 26.7 Å². The van der Waals surface area contributed by atoms with Gasteiger partial charge in [0.1, 0.15) is 13.2 Å². The zero-order valence-electron chi connectivity index (χ0n) is 19.1. The zero-order valence-corrected chi connectivity index (χ0v) is 19.9. The van der Waals surface area contributed by atoms with Gasteiger partial charge in [0.25, 0.3) is 10.0 Å². The maximum absolute atomic E-state index is 12.7. The van der Waals surface area contributed by atoms with Crippen LogP contribution in [0.1, 0.15) is 38.9 Å². The van der Waals surface area contributed by atoms with Crippen LogP contribution in [0.4, 0.5) is 11.4 Å². The van der Waals surface area contributed by atoms with Gasteiger partial charge in [-0.25, -0.2) is 8.42 Å². The van der Waals surface area contributed by atoms with Gasteiger partial charge in [0, 0.05) is 35.7 Å². The fourth-order valence-corrected chi connectivity index (χ4v) is 4.21. The molecule has 0 unspecified atom stereocenters. The molecule has 11 heteroatoms. The van der Waals surface area contributed by atoms with Crippen molar-refractivity contribution in [2.45, 2.75) is 43.9 Å². The number of carbonyl (C=O) groups excluding carboxylic acids is 1. The molecule has 0 bridgehead atoms. The van der Waals surface area contributed by atoms with Crippen molar-refractivity contribution in [3.63, 3.8) is 0 Å². The number of amides is 1. The van der Waals surface area contributed by atoms with Crippen LogP contribution in [0.5, 0.6) is 11.5 Å². The second-order valence-corrected chi connectivity index (χ2v) is 10.5. The Labute approximate surface area is 197 Å². The first-order valence-corrected chi connectivity index (χ1v) is 12.2. The summed E-state index contributed by atoms with van der Waals surface area (Å²) in [7, 11) is -3.83. The molecule has 2 aromatic carbocycles. The van der Waals surface area contributed by atoms with E-state index >= 15 is 0 Å². The largest absolute Gasteiger partial charge is 0.486 e. The second kappa shape index (κ2) is 9.34. The molecule has 0 aliphatic carbocycles. The van der Waals surface area contributed by atoms with Crippen LogP contribution >= 0.6 is 0 Å². The predicted octanol–water partition coefficient (Wildman–Crippen LogP) is 3.51. The fourth-order valence-electron chi connectivity index (χ4n) is 3.13. The Bertz CT molecular complexity index is 1280. The Kier molecular flexibility index (Phi) is 6.47. The van der Waals surface area contributed by atoms with Crippen LogP contribution in [0, 0.1) is 0 Å². The van der Waals surface area contributed by atoms with Crippen molar-refractivity contribution in [3.05, 3.63) is 54.2 Å². The molecule has 1 aliphatic rings. The summed E-state index contributed by atoms with van der Waals surface area (Å²) in [5.74, 6) is 1.68. The van der Waals surface area contributed by atoms with Crippen LogP contribution in [0.3, 0.4) is 0 Å². The van der Waals surface area contributed by atoms with Gasteiger partial charge >= 0.3 is 0 Å². The van der Waals surface area contributed by atoms with Gasteiger partial charge in [-0.1, -0.05) is 25.9 Å². The van der Waals surface area contributed by atoms with E-state index < -0.39 is 10.0 Å². The minimum absolute atomic E-state index is 0.0600. The van der Waals surface area contributed by atoms with Crippen molar-refractivity contribution in [1.82, 2.24) is 10.1 Å². The monoisotopic (exact) mass is 486 g/mol. The molecule has 0 fully saturated rings. The number of aromatic nitrogens is 2. The smallest absolute Gasteiger partial charge is 0.262 e. The number of nitrogens with zero attached hydrogens (tertiary/aromatic N) is 2. The number of hydrogen-bond donors (Lipinski definition) is 2. The molecular weight excluding hydrogens is 460 g/mol. The van der Waals surface area contributed by atoms with E-state index in [1.54, 1.807) is 30.3 Å². The summed E-state index contributed by atoms with van der Waals surface area (Å²) in [5, 5.41) is 6.71. The van der Waals surface area contributed by atoms with Gasteiger partial charge in [-0.3, -0.25) is 9.52 Å². The number of carbonyl (C=O) groups is 1. The van der Waals surface area contributed by atoms with Crippen LogP contribution in [0.2, 0.25) is 0 Å². The molecule has 34 heavy (non-hydrogen) atoms. The van der Waals surface area contributed by atoms with Crippen molar-refractivity contribution in [2.24, 2.45) is 0 Å². The van der Waals surface area contributed by atoms with Gasteiger partial charge in [-0.15, -0.1) is 0 Å². The molecule has 1 amide bonds. The third kappa shape index (κ3) is 5.66. The molecule has 1 aromatic heterocycles. The number of benzene rings is 2. The van der Waals surface area contributed by atoms with Crippen molar-refractivity contribution in [3.8, 4) is 11.5 Å². The molecule has 3 aromatic rings. The topological polar surface area (TPSA) is 133 Å². The molecule has 2 N–H and O–H groups in total.